The van der Waals surface area contributed by atoms with Crippen LogP contribution in [0.25, 0.3) is 0 Å². The molecule has 1 rings (SSSR count). The van der Waals surface area contributed by atoms with Gasteiger partial charge in [0.2, 0.25) is 0 Å². The van der Waals surface area contributed by atoms with E-state index in [9.17, 15) is 9.59 Å². The minimum absolute atomic E-state index is 0.0591. The van der Waals surface area contributed by atoms with Crippen molar-refractivity contribution in [3.8, 4) is 5.75 Å². The molecular weight excluding hydrogens is 246 g/mol. The molecule has 1 N–H and O–H groups in total. The lowest BCUT2D eigenvalue weighted by Gasteiger charge is -2.21. The fraction of sp³-hybridized carbons (Fsp3) is 0.429. The molecule has 0 atom stereocenters. The monoisotopic (exact) mass is 265 g/mol. The SMILES string of the molecule is CCOc1ccccc1C(=O)N(CC)CCC(=O)O. The summed E-state index contributed by atoms with van der Waals surface area (Å²) in [7, 11) is 0. The molecule has 1 aromatic carbocycles. The molecule has 0 bridgehead atoms. The van der Waals surface area contributed by atoms with Gasteiger partial charge in [-0.3, -0.25) is 9.59 Å². The minimum atomic E-state index is -0.913. The van der Waals surface area contributed by atoms with Crippen molar-refractivity contribution in [2.45, 2.75) is 20.3 Å². The van der Waals surface area contributed by atoms with Gasteiger partial charge in [-0.05, 0) is 26.0 Å². The summed E-state index contributed by atoms with van der Waals surface area (Å²) in [6.07, 6.45) is -0.0591. The van der Waals surface area contributed by atoms with Crippen molar-refractivity contribution in [1.82, 2.24) is 4.90 Å². The maximum Gasteiger partial charge on any atom is 0.305 e. The smallest absolute Gasteiger partial charge is 0.305 e. The standard InChI is InChI=1S/C14H19NO4/c1-3-15(10-9-13(16)17)14(18)11-7-5-6-8-12(11)19-4-2/h5-8H,3-4,9-10H2,1-2H3,(H,16,17). The molecule has 0 aliphatic heterocycles. The Morgan fingerprint density at radius 1 is 1.26 bits per heavy atom. The zero-order valence-electron chi connectivity index (χ0n) is 11.3. The molecular formula is C14H19NO4. The van der Waals surface area contributed by atoms with E-state index in [2.05, 4.69) is 0 Å². The zero-order valence-corrected chi connectivity index (χ0v) is 11.3. The summed E-state index contributed by atoms with van der Waals surface area (Å²) in [6, 6.07) is 6.99. The average molecular weight is 265 g/mol. The third-order valence-corrected chi connectivity index (χ3v) is 2.68. The van der Waals surface area contributed by atoms with E-state index in [1.54, 1.807) is 24.3 Å². The van der Waals surface area contributed by atoms with Gasteiger partial charge in [-0.25, -0.2) is 0 Å². The number of nitrogens with zero attached hydrogens (tertiary/aromatic N) is 1. The molecule has 1 aromatic rings. The van der Waals surface area contributed by atoms with Crippen molar-refractivity contribution in [3.05, 3.63) is 29.8 Å². The first-order valence-electron chi connectivity index (χ1n) is 6.33. The van der Waals surface area contributed by atoms with Crippen molar-refractivity contribution in [2.24, 2.45) is 0 Å². The van der Waals surface area contributed by atoms with E-state index in [4.69, 9.17) is 9.84 Å². The maximum atomic E-state index is 12.3. The van der Waals surface area contributed by atoms with Gasteiger partial charge in [0.15, 0.2) is 0 Å². The summed E-state index contributed by atoms with van der Waals surface area (Å²) < 4.78 is 5.41. The van der Waals surface area contributed by atoms with Crippen molar-refractivity contribution >= 4 is 11.9 Å². The number of benzene rings is 1. The number of carbonyl (C=O) groups is 2. The van der Waals surface area contributed by atoms with E-state index in [1.807, 2.05) is 13.8 Å². The maximum absolute atomic E-state index is 12.3. The van der Waals surface area contributed by atoms with Gasteiger partial charge < -0.3 is 14.7 Å². The number of para-hydroxylation sites is 1. The lowest BCUT2D eigenvalue weighted by atomic mass is 10.1. The van der Waals surface area contributed by atoms with Crippen LogP contribution in [0.3, 0.4) is 0 Å². The van der Waals surface area contributed by atoms with Crippen molar-refractivity contribution in [3.63, 3.8) is 0 Å². The lowest BCUT2D eigenvalue weighted by molar-refractivity contribution is -0.137. The Labute approximate surface area is 112 Å². The van der Waals surface area contributed by atoms with E-state index < -0.39 is 5.97 Å². The highest BCUT2D eigenvalue weighted by Crippen LogP contribution is 2.20. The van der Waals surface area contributed by atoms with Crippen molar-refractivity contribution in [1.29, 1.82) is 0 Å². The summed E-state index contributed by atoms with van der Waals surface area (Å²) in [5, 5.41) is 8.69. The molecule has 0 saturated heterocycles. The van der Waals surface area contributed by atoms with Crippen LogP contribution in [0.1, 0.15) is 30.6 Å². The molecule has 19 heavy (non-hydrogen) atoms. The quantitative estimate of drug-likeness (QED) is 0.819. The summed E-state index contributed by atoms with van der Waals surface area (Å²) in [6.45, 7) is 4.82. The summed E-state index contributed by atoms with van der Waals surface area (Å²) in [4.78, 5) is 24.4. The molecule has 0 spiro atoms. The van der Waals surface area contributed by atoms with E-state index in [-0.39, 0.29) is 18.9 Å². The highest BCUT2D eigenvalue weighted by atomic mass is 16.5. The second kappa shape index (κ2) is 7.41. The van der Waals surface area contributed by atoms with Gasteiger partial charge in [0, 0.05) is 13.1 Å². The molecule has 0 heterocycles. The van der Waals surface area contributed by atoms with Crippen molar-refractivity contribution in [2.75, 3.05) is 19.7 Å². The van der Waals surface area contributed by atoms with Gasteiger partial charge in [0.25, 0.3) is 5.91 Å². The Bertz CT molecular complexity index is 445. The summed E-state index contributed by atoms with van der Waals surface area (Å²) in [5.41, 5.74) is 0.469. The number of hydrogen-bond acceptors (Lipinski definition) is 3. The first-order chi connectivity index (χ1) is 9.10. The number of aliphatic carboxylic acids is 1. The number of hydrogen-bond donors (Lipinski definition) is 1. The zero-order chi connectivity index (χ0) is 14.3. The predicted molar refractivity (Wildman–Crippen MR) is 71.4 cm³/mol. The van der Waals surface area contributed by atoms with Crippen LogP contribution >= 0.6 is 0 Å². The van der Waals surface area contributed by atoms with Gasteiger partial charge >= 0.3 is 5.97 Å². The molecule has 5 heteroatoms. The number of rotatable bonds is 7. The Kier molecular flexibility index (Phi) is 5.85. The van der Waals surface area contributed by atoms with E-state index in [0.29, 0.717) is 24.5 Å². The summed E-state index contributed by atoms with van der Waals surface area (Å²) in [5.74, 6) is -0.582. The second-order valence-electron chi connectivity index (χ2n) is 3.96. The molecule has 0 radical (unpaired) electrons. The van der Waals surface area contributed by atoms with Crippen LogP contribution in [0.4, 0.5) is 0 Å². The van der Waals surface area contributed by atoms with Gasteiger partial charge in [0.05, 0.1) is 18.6 Å². The largest absolute Gasteiger partial charge is 0.493 e. The molecule has 0 fully saturated rings. The predicted octanol–water partition coefficient (Wildman–Crippen LogP) is 2.02. The Morgan fingerprint density at radius 2 is 1.95 bits per heavy atom. The van der Waals surface area contributed by atoms with Crippen LogP contribution in [0, 0.1) is 0 Å². The Hall–Kier alpha value is -2.04. The number of carboxylic acids is 1. The van der Waals surface area contributed by atoms with E-state index >= 15 is 0 Å². The number of amides is 1. The third kappa shape index (κ3) is 4.28. The molecule has 0 unspecified atom stereocenters. The Balaban J connectivity index is 2.87. The highest BCUT2D eigenvalue weighted by Gasteiger charge is 2.18. The van der Waals surface area contributed by atoms with Gasteiger partial charge in [-0.1, -0.05) is 12.1 Å². The average Bonchev–Trinajstić information content (AvgIpc) is 2.40. The van der Waals surface area contributed by atoms with Gasteiger partial charge in [-0.2, -0.15) is 0 Å². The van der Waals surface area contributed by atoms with Crippen LogP contribution in [0.2, 0.25) is 0 Å². The second-order valence-corrected chi connectivity index (χ2v) is 3.96. The first kappa shape index (κ1) is 15.0. The molecule has 0 aliphatic rings. The highest BCUT2D eigenvalue weighted by molar-refractivity contribution is 5.97. The third-order valence-electron chi connectivity index (χ3n) is 2.68. The topological polar surface area (TPSA) is 66.8 Å². The molecule has 0 aromatic heterocycles. The molecule has 5 nitrogen and oxygen atoms in total. The Morgan fingerprint density at radius 3 is 2.53 bits per heavy atom. The lowest BCUT2D eigenvalue weighted by Crippen LogP contribution is -2.33. The van der Waals surface area contributed by atoms with Crippen LogP contribution < -0.4 is 4.74 Å². The van der Waals surface area contributed by atoms with E-state index in [0.717, 1.165) is 0 Å². The first-order valence-corrected chi connectivity index (χ1v) is 6.33. The van der Waals surface area contributed by atoms with Gasteiger partial charge in [0.1, 0.15) is 5.75 Å². The fourth-order valence-corrected chi connectivity index (χ4v) is 1.73. The van der Waals surface area contributed by atoms with Crippen LogP contribution in [-0.4, -0.2) is 41.6 Å². The van der Waals surface area contributed by atoms with Crippen LogP contribution in [-0.2, 0) is 4.79 Å². The van der Waals surface area contributed by atoms with E-state index in [1.165, 1.54) is 4.90 Å². The fourth-order valence-electron chi connectivity index (χ4n) is 1.73. The summed E-state index contributed by atoms with van der Waals surface area (Å²) >= 11 is 0. The number of carboxylic acid groups (broad SMARTS) is 1. The molecule has 104 valence electrons. The van der Waals surface area contributed by atoms with Crippen molar-refractivity contribution < 1.29 is 19.4 Å². The molecule has 0 aliphatic carbocycles. The number of ether oxygens (including phenoxy) is 1. The van der Waals surface area contributed by atoms with Crippen LogP contribution in [0.15, 0.2) is 24.3 Å². The minimum Gasteiger partial charge on any atom is -0.493 e. The number of carbonyl (C=O) groups excluding carboxylic acids is 1. The van der Waals surface area contributed by atoms with Gasteiger partial charge in [-0.15, -0.1) is 0 Å². The van der Waals surface area contributed by atoms with Crippen LogP contribution in [0.5, 0.6) is 5.75 Å². The molecule has 1 amide bonds. The normalized spacial score (nSPS) is 10.0. The molecule has 0 saturated carbocycles.